The molecule has 2 saturated heterocycles. The van der Waals surface area contributed by atoms with E-state index < -0.39 is 61.6 Å². The summed E-state index contributed by atoms with van der Waals surface area (Å²) in [5, 5.41) is 9.33. The summed E-state index contributed by atoms with van der Waals surface area (Å²) in [7, 11) is -3.97. The lowest BCUT2D eigenvalue weighted by atomic mass is 9.73. The van der Waals surface area contributed by atoms with E-state index in [1.807, 2.05) is 20.8 Å². The fourth-order valence-corrected chi connectivity index (χ4v) is 13.5. The van der Waals surface area contributed by atoms with Gasteiger partial charge in [0.1, 0.15) is 23.7 Å². The van der Waals surface area contributed by atoms with Gasteiger partial charge in [0.15, 0.2) is 0 Å². The Hall–Kier alpha value is -3.00. The smallest absolute Gasteiger partial charge is 0.259 e. The average Bonchev–Trinajstić information content (AvgIpc) is 4.09. The number of rotatable bonds is 13. The summed E-state index contributed by atoms with van der Waals surface area (Å²) >= 11 is 0. The van der Waals surface area contributed by atoms with E-state index in [-0.39, 0.29) is 58.4 Å². The molecule has 0 bridgehead atoms. The first-order chi connectivity index (χ1) is 27.5. The van der Waals surface area contributed by atoms with Gasteiger partial charge in [0.2, 0.25) is 33.7 Å². The van der Waals surface area contributed by atoms with Gasteiger partial charge in [-0.25, -0.2) is 8.42 Å². The van der Waals surface area contributed by atoms with Crippen LogP contribution in [-0.4, -0.2) is 101 Å². The van der Waals surface area contributed by atoms with Crippen LogP contribution in [0.15, 0.2) is 12.7 Å². The molecular formula is C45H72N6O7S. The van der Waals surface area contributed by atoms with Gasteiger partial charge in [-0.15, -0.1) is 6.58 Å². The molecule has 0 radical (unpaired) electrons. The molecule has 5 aliphatic carbocycles. The van der Waals surface area contributed by atoms with E-state index in [4.69, 9.17) is 0 Å². The lowest BCUT2D eigenvalue weighted by molar-refractivity contribution is -0.145. The van der Waals surface area contributed by atoms with E-state index in [1.165, 1.54) is 0 Å². The summed E-state index contributed by atoms with van der Waals surface area (Å²) in [4.78, 5) is 76.5. The molecule has 5 amide bonds. The molecular weight excluding hydrogens is 769 g/mol. The quantitative estimate of drug-likeness (QED) is 0.193. The first kappa shape index (κ1) is 44.1. The molecule has 59 heavy (non-hydrogen) atoms. The molecule has 330 valence electrons. The maximum atomic E-state index is 15.3. The summed E-state index contributed by atoms with van der Waals surface area (Å²) in [5.41, 5.74) is -2.75. The van der Waals surface area contributed by atoms with Gasteiger partial charge < -0.3 is 20.9 Å². The Morgan fingerprint density at radius 2 is 1.44 bits per heavy atom. The maximum Gasteiger partial charge on any atom is 0.259 e. The monoisotopic (exact) mass is 841 g/mol. The van der Waals surface area contributed by atoms with E-state index in [1.54, 1.807) is 17.9 Å². The Kier molecular flexibility index (Phi) is 11.3. The van der Waals surface area contributed by atoms with Gasteiger partial charge >= 0.3 is 0 Å². The van der Waals surface area contributed by atoms with Crippen LogP contribution in [0.3, 0.4) is 0 Å². The molecule has 0 aromatic heterocycles. The van der Waals surface area contributed by atoms with E-state index in [0.29, 0.717) is 25.8 Å². The minimum Gasteiger partial charge on any atom is -0.343 e. The second-order valence-electron chi connectivity index (χ2n) is 21.8. The van der Waals surface area contributed by atoms with Crippen LogP contribution in [0.5, 0.6) is 0 Å². The van der Waals surface area contributed by atoms with Gasteiger partial charge in [-0.1, -0.05) is 72.8 Å². The van der Waals surface area contributed by atoms with Crippen LogP contribution in [0.1, 0.15) is 152 Å². The predicted octanol–water partition coefficient (Wildman–Crippen LogP) is 4.70. The molecule has 2 aliphatic heterocycles. The molecule has 14 heteroatoms. The third-order valence-electron chi connectivity index (χ3n) is 16.9. The highest BCUT2D eigenvalue weighted by molar-refractivity contribution is 7.91. The largest absolute Gasteiger partial charge is 0.343 e. The SMILES string of the molecule is C=C[C@@H]1C[C@]1(NC(=O)[C@@H]1C[C@@]2(CN1C(=O)[C@@H](NC(=O)[C@@H](NC(=O)[C@@H]1CCCCN1C(C)C)C1CCCCC1)C(C)(C)C)C(C)(C)C21CCC1)C(=O)NS(=O)(=O)C1(C)CC1. The first-order valence-electron chi connectivity index (χ1n) is 22.7. The van der Waals surface area contributed by atoms with E-state index >= 15 is 4.79 Å². The lowest BCUT2D eigenvalue weighted by Gasteiger charge is -2.40. The second-order valence-corrected chi connectivity index (χ2v) is 24.0. The third-order valence-corrected chi connectivity index (χ3v) is 19.0. The Labute approximate surface area is 352 Å². The number of amides is 5. The number of likely N-dealkylation sites (tertiary alicyclic amines) is 2. The zero-order valence-electron chi connectivity index (χ0n) is 37.0. The number of carbonyl (C=O) groups excluding carboxylic acids is 5. The van der Waals surface area contributed by atoms with Gasteiger partial charge in [0.05, 0.1) is 10.8 Å². The van der Waals surface area contributed by atoms with Crippen molar-refractivity contribution in [1.29, 1.82) is 0 Å². The standard InChI is InChI=1S/C45H72N6O7S/c1-10-30-25-45(30,39(56)49-59(57,58)42(9)22-23-42)48-36(53)32-26-44(41(7,8)43(44)20-16-21-43)27-51(32)38(55)34(40(4,5)6)47-37(54)33(29-17-12-11-13-18-29)46-35(52)31-19-14-15-24-50(31)28(2)3/h10,28-34H,1,11-27H2,2-9H3,(H,46,52)(H,47,54)(H,48,53)(H,49,56)/t30-,31+,32+,33+,34-,44-,45-/m1/s1. The number of fused-ring (bicyclic) bond motifs is 1. The van der Waals surface area contributed by atoms with Gasteiger partial charge in [-0.05, 0) is 114 Å². The summed E-state index contributed by atoms with van der Waals surface area (Å²) in [6.45, 7) is 21.0. The van der Waals surface area contributed by atoms with E-state index in [0.717, 1.165) is 77.2 Å². The number of hydrogen-bond acceptors (Lipinski definition) is 8. The topological polar surface area (TPSA) is 174 Å². The number of nitrogens with zero attached hydrogens (tertiary/aromatic N) is 2. The number of carbonyl (C=O) groups is 5. The van der Waals surface area contributed by atoms with Crippen molar-refractivity contribution in [3.63, 3.8) is 0 Å². The van der Waals surface area contributed by atoms with Crippen LogP contribution >= 0.6 is 0 Å². The molecule has 2 spiro atoms. The normalized spacial score (nSPS) is 33.0. The van der Waals surface area contributed by atoms with Crippen LogP contribution in [0, 0.1) is 33.5 Å². The molecule has 5 saturated carbocycles. The van der Waals surface area contributed by atoms with Crippen LogP contribution in [0.4, 0.5) is 0 Å². The zero-order chi connectivity index (χ0) is 43.1. The fourth-order valence-electron chi connectivity index (χ4n) is 12.2. The van der Waals surface area contributed by atoms with Crippen LogP contribution in [0.2, 0.25) is 0 Å². The Morgan fingerprint density at radius 1 is 0.797 bits per heavy atom. The van der Waals surface area contributed by atoms with Crippen molar-refractivity contribution >= 4 is 39.6 Å². The summed E-state index contributed by atoms with van der Waals surface area (Å²) < 4.78 is 27.6. The molecule has 7 fully saturated rings. The highest BCUT2D eigenvalue weighted by atomic mass is 32.2. The Balaban J connectivity index is 1.16. The first-order valence-corrected chi connectivity index (χ1v) is 24.2. The van der Waals surface area contributed by atoms with E-state index in [9.17, 15) is 27.6 Å². The Morgan fingerprint density at radius 3 is 1.97 bits per heavy atom. The molecule has 0 unspecified atom stereocenters. The van der Waals surface area contributed by atoms with Gasteiger partial charge in [-0.3, -0.25) is 33.6 Å². The molecule has 13 nitrogen and oxygen atoms in total. The minimum absolute atomic E-state index is 0.0144. The maximum absolute atomic E-state index is 15.3. The number of nitrogens with one attached hydrogen (secondary N) is 4. The van der Waals surface area contributed by atoms with Crippen molar-refractivity contribution in [3.8, 4) is 0 Å². The summed E-state index contributed by atoms with van der Waals surface area (Å²) in [6.07, 6.45) is 13.5. The molecule has 4 N–H and O–H groups in total. The van der Waals surface area contributed by atoms with Crippen molar-refractivity contribution in [2.75, 3.05) is 13.1 Å². The number of sulfonamides is 1. The Bertz CT molecular complexity index is 1840. The zero-order valence-corrected chi connectivity index (χ0v) is 37.8. The van der Waals surface area contributed by atoms with Gasteiger partial charge in [0.25, 0.3) is 5.91 Å². The van der Waals surface area contributed by atoms with Crippen LogP contribution in [0.25, 0.3) is 0 Å². The highest BCUT2D eigenvalue weighted by Crippen LogP contribution is 2.88. The number of piperidine rings is 1. The van der Waals surface area contributed by atoms with Crippen molar-refractivity contribution < 1.29 is 32.4 Å². The van der Waals surface area contributed by atoms with Crippen molar-refractivity contribution in [3.05, 3.63) is 12.7 Å². The van der Waals surface area contributed by atoms with Crippen molar-refractivity contribution in [1.82, 2.24) is 30.5 Å². The molecule has 7 rings (SSSR count). The van der Waals surface area contributed by atoms with Gasteiger partial charge in [0, 0.05) is 23.9 Å². The lowest BCUT2D eigenvalue weighted by Crippen LogP contribution is -2.63. The molecule has 0 aromatic carbocycles. The molecule has 0 aromatic rings. The highest BCUT2D eigenvalue weighted by Gasteiger charge is 2.85. The molecule has 7 atom stereocenters. The summed E-state index contributed by atoms with van der Waals surface area (Å²) in [6, 6.07) is -2.91. The fraction of sp³-hybridized carbons (Fsp3) is 0.844. The number of hydrogen-bond donors (Lipinski definition) is 4. The van der Waals surface area contributed by atoms with Gasteiger partial charge in [-0.2, -0.15) is 0 Å². The van der Waals surface area contributed by atoms with Crippen LogP contribution < -0.4 is 20.7 Å². The second kappa shape index (κ2) is 15.1. The molecule has 2 heterocycles. The average molecular weight is 841 g/mol. The molecule has 7 aliphatic rings. The third kappa shape index (κ3) is 7.25. The summed E-state index contributed by atoms with van der Waals surface area (Å²) in [5.74, 6) is -2.71. The minimum atomic E-state index is -3.97. The van der Waals surface area contributed by atoms with Crippen molar-refractivity contribution in [2.24, 2.45) is 33.5 Å². The van der Waals surface area contributed by atoms with E-state index in [2.05, 4.69) is 59.8 Å². The van der Waals surface area contributed by atoms with Crippen LogP contribution in [-0.2, 0) is 34.0 Å². The predicted molar refractivity (Wildman–Crippen MR) is 226 cm³/mol. The van der Waals surface area contributed by atoms with Crippen molar-refractivity contribution in [2.45, 2.75) is 192 Å².